The Hall–Kier alpha value is -1.64. The number of benzene rings is 1. The predicted molar refractivity (Wildman–Crippen MR) is 73.0 cm³/mol. The molecule has 18 heavy (non-hydrogen) atoms. The van der Waals surface area contributed by atoms with Gasteiger partial charge in [0.05, 0.1) is 0 Å². The third-order valence-electron chi connectivity index (χ3n) is 2.95. The Kier molecular flexibility index (Phi) is 5.56. The lowest BCUT2D eigenvalue weighted by molar-refractivity contribution is 0.367. The maximum Gasteiger partial charge on any atom is 0.200 e. The van der Waals surface area contributed by atoms with Gasteiger partial charge >= 0.3 is 0 Å². The van der Waals surface area contributed by atoms with Gasteiger partial charge in [-0.3, -0.25) is 0 Å². The molecule has 1 aromatic carbocycles. The maximum atomic E-state index is 9.36. The lowest BCUT2D eigenvalue weighted by atomic mass is 10.0. The van der Waals surface area contributed by atoms with Crippen molar-refractivity contribution in [3.63, 3.8) is 0 Å². The Balaban J connectivity index is 2.29. The number of aryl methyl sites for hydroxylation is 1. The molecule has 0 fully saturated rings. The number of unbranched alkanes of at least 4 members (excludes halogenated alkanes) is 3. The van der Waals surface area contributed by atoms with Crippen molar-refractivity contribution < 1.29 is 15.3 Å². The van der Waals surface area contributed by atoms with Gasteiger partial charge in [-0.2, -0.15) is 0 Å². The molecule has 100 valence electrons. The van der Waals surface area contributed by atoms with E-state index in [0.717, 1.165) is 31.2 Å². The second-order valence-corrected chi connectivity index (χ2v) is 4.85. The molecular formula is C15H22O3. The summed E-state index contributed by atoms with van der Waals surface area (Å²) >= 11 is 0. The molecule has 0 saturated heterocycles. The summed E-state index contributed by atoms with van der Waals surface area (Å²) in [5.41, 5.74) is 2.08. The van der Waals surface area contributed by atoms with E-state index in [9.17, 15) is 15.3 Å². The maximum absolute atomic E-state index is 9.36. The fourth-order valence-electron chi connectivity index (χ4n) is 1.91. The van der Waals surface area contributed by atoms with E-state index in [-0.39, 0.29) is 11.5 Å². The average molecular weight is 250 g/mol. The van der Waals surface area contributed by atoms with E-state index in [1.165, 1.54) is 30.5 Å². The second-order valence-electron chi connectivity index (χ2n) is 4.85. The van der Waals surface area contributed by atoms with E-state index in [4.69, 9.17) is 0 Å². The molecule has 3 nitrogen and oxygen atoms in total. The van der Waals surface area contributed by atoms with E-state index in [0.29, 0.717) is 0 Å². The quantitative estimate of drug-likeness (QED) is 0.391. The van der Waals surface area contributed by atoms with Crippen LogP contribution in [-0.4, -0.2) is 15.3 Å². The van der Waals surface area contributed by atoms with Gasteiger partial charge in [0.1, 0.15) is 0 Å². The molecule has 1 aromatic rings. The molecule has 3 heteroatoms. The number of hydrogen-bond acceptors (Lipinski definition) is 3. The monoisotopic (exact) mass is 250 g/mol. The highest BCUT2D eigenvalue weighted by molar-refractivity contribution is 5.51. The van der Waals surface area contributed by atoms with Crippen molar-refractivity contribution in [2.45, 2.75) is 45.4 Å². The zero-order valence-electron chi connectivity index (χ0n) is 10.9. The Morgan fingerprint density at radius 3 is 2.11 bits per heavy atom. The molecule has 3 N–H and O–H groups in total. The molecule has 0 radical (unpaired) electrons. The van der Waals surface area contributed by atoms with Gasteiger partial charge in [0.15, 0.2) is 17.2 Å². The SMILES string of the molecule is C=C(C)CCCCCCc1cc(O)c(O)c(O)c1. The minimum Gasteiger partial charge on any atom is -0.504 e. The number of rotatable bonds is 7. The third kappa shape index (κ3) is 4.70. The van der Waals surface area contributed by atoms with Gasteiger partial charge < -0.3 is 15.3 Å². The summed E-state index contributed by atoms with van der Waals surface area (Å²) in [4.78, 5) is 0. The Labute approximate surface area is 108 Å². The Morgan fingerprint density at radius 1 is 1.00 bits per heavy atom. The molecule has 0 saturated carbocycles. The fraction of sp³-hybridized carbons (Fsp3) is 0.467. The van der Waals surface area contributed by atoms with Crippen LogP contribution in [0.2, 0.25) is 0 Å². The summed E-state index contributed by atoms with van der Waals surface area (Å²) in [5, 5.41) is 27.9. The van der Waals surface area contributed by atoms with Crippen LogP contribution in [-0.2, 0) is 6.42 Å². The van der Waals surface area contributed by atoms with Gasteiger partial charge in [0.2, 0.25) is 0 Å². The summed E-state index contributed by atoms with van der Waals surface area (Å²) in [6.45, 7) is 5.91. The number of aromatic hydroxyl groups is 3. The molecule has 0 amide bonds. The molecule has 0 aliphatic rings. The number of phenols is 3. The van der Waals surface area contributed by atoms with E-state index in [2.05, 4.69) is 6.58 Å². The summed E-state index contributed by atoms with van der Waals surface area (Å²) in [7, 11) is 0. The smallest absolute Gasteiger partial charge is 0.200 e. The summed E-state index contributed by atoms with van der Waals surface area (Å²) in [5.74, 6) is -0.959. The molecule has 0 aliphatic carbocycles. The van der Waals surface area contributed by atoms with Crippen LogP contribution in [0, 0.1) is 0 Å². The van der Waals surface area contributed by atoms with E-state index >= 15 is 0 Å². The number of allylic oxidation sites excluding steroid dienone is 1. The van der Waals surface area contributed by atoms with Crippen LogP contribution in [0.5, 0.6) is 17.2 Å². The Bertz CT molecular complexity index is 387. The topological polar surface area (TPSA) is 60.7 Å². The normalized spacial score (nSPS) is 10.5. The summed E-state index contributed by atoms with van der Waals surface area (Å²) < 4.78 is 0. The van der Waals surface area contributed by atoms with Crippen LogP contribution < -0.4 is 0 Å². The van der Waals surface area contributed by atoms with E-state index < -0.39 is 5.75 Å². The van der Waals surface area contributed by atoms with Crippen molar-refractivity contribution >= 4 is 0 Å². The first-order valence-electron chi connectivity index (χ1n) is 6.39. The van der Waals surface area contributed by atoms with Crippen molar-refractivity contribution in [3.05, 3.63) is 29.8 Å². The van der Waals surface area contributed by atoms with Gasteiger partial charge in [-0.15, -0.1) is 6.58 Å². The molecule has 0 aliphatic heterocycles. The molecule has 0 atom stereocenters. The second kappa shape index (κ2) is 6.94. The van der Waals surface area contributed by atoms with Crippen molar-refractivity contribution in [2.75, 3.05) is 0 Å². The zero-order valence-corrected chi connectivity index (χ0v) is 10.9. The van der Waals surface area contributed by atoms with E-state index in [1.54, 1.807) is 0 Å². The molecule has 0 unspecified atom stereocenters. The van der Waals surface area contributed by atoms with Crippen molar-refractivity contribution in [1.82, 2.24) is 0 Å². The third-order valence-corrected chi connectivity index (χ3v) is 2.95. The lowest BCUT2D eigenvalue weighted by Crippen LogP contribution is -1.87. The predicted octanol–water partition coefficient (Wildman–Crippen LogP) is 3.87. The lowest BCUT2D eigenvalue weighted by Gasteiger charge is -2.06. The first-order valence-corrected chi connectivity index (χ1v) is 6.39. The van der Waals surface area contributed by atoms with Crippen LogP contribution in [0.1, 0.15) is 44.6 Å². The molecule has 0 heterocycles. The van der Waals surface area contributed by atoms with Gasteiger partial charge in [-0.1, -0.05) is 18.4 Å². The highest BCUT2D eigenvalue weighted by Crippen LogP contribution is 2.35. The minimum absolute atomic E-state index is 0.257. The summed E-state index contributed by atoms with van der Waals surface area (Å²) in [6.07, 6.45) is 6.36. The molecule has 0 spiro atoms. The fourth-order valence-corrected chi connectivity index (χ4v) is 1.91. The first kappa shape index (κ1) is 14.4. The van der Waals surface area contributed by atoms with Crippen molar-refractivity contribution in [2.24, 2.45) is 0 Å². The van der Waals surface area contributed by atoms with Gasteiger partial charge in [0.25, 0.3) is 0 Å². The van der Waals surface area contributed by atoms with Crippen LogP contribution in [0.4, 0.5) is 0 Å². The standard InChI is InChI=1S/C15H22O3/c1-11(2)7-5-3-4-6-8-12-9-13(16)15(18)14(17)10-12/h9-10,16-18H,1,3-8H2,2H3. The number of hydrogen-bond donors (Lipinski definition) is 3. The number of phenolic OH excluding ortho intramolecular Hbond substituents is 3. The molecule has 1 rings (SSSR count). The van der Waals surface area contributed by atoms with Crippen LogP contribution >= 0.6 is 0 Å². The van der Waals surface area contributed by atoms with Crippen molar-refractivity contribution in [3.8, 4) is 17.2 Å². The highest BCUT2D eigenvalue weighted by Gasteiger charge is 2.07. The van der Waals surface area contributed by atoms with Crippen LogP contribution in [0.15, 0.2) is 24.3 Å². The molecule has 0 bridgehead atoms. The van der Waals surface area contributed by atoms with E-state index in [1.807, 2.05) is 6.92 Å². The first-order chi connectivity index (χ1) is 8.50. The molecular weight excluding hydrogens is 228 g/mol. The van der Waals surface area contributed by atoms with Gasteiger partial charge in [0, 0.05) is 0 Å². The van der Waals surface area contributed by atoms with Crippen LogP contribution in [0.25, 0.3) is 0 Å². The zero-order chi connectivity index (χ0) is 13.5. The molecule has 0 aromatic heterocycles. The highest BCUT2D eigenvalue weighted by atomic mass is 16.3. The largest absolute Gasteiger partial charge is 0.504 e. The Morgan fingerprint density at radius 2 is 1.56 bits per heavy atom. The van der Waals surface area contributed by atoms with Gasteiger partial charge in [-0.25, -0.2) is 0 Å². The van der Waals surface area contributed by atoms with Gasteiger partial charge in [-0.05, 0) is 50.3 Å². The summed E-state index contributed by atoms with van der Waals surface area (Å²) in [6, 6.07) is 3.01. The average Bonchev–Trinajstić information content (AvgIpc) is 2.30. The minimum atomic E-state index is -0.444. The van der Waals surface area contributed by atoms with Crippen LogP contribution in [0.3, 0.4) is 0 Å². The van der Waals surface area contributed by atoms with Crippen molar-refractivity contribution in [1.29, 1.82) is 0 Å².